The van der Waals surface area contributed by atoms with Crippen LogP contribution in [0, 0.1) is 0 Å². The number of para-hydroxylation sites is 1. The van der Waals surface area contributed by atoms with Gasteiger partial charge in [0, 0.05) is 19.7 Å². The third kappa shape index (κ3) is 5.93. The Labute approximate surface area is 121 Å². The monoisotopic (exact) mass is 279 g/mol. The number of nitrogens with zero attached hydrogens (tertiary/aromatic N) is 1. The first-order chi connectivity index (χ1) is 9.67. The minimum absolute atomic E-state index is 0.152. The number of ether oxygens (including phenoxy) is 2. The molecular weight excluding hydrogens is 254 g/mol. The lowest BCUT2D eigenvalue weighted by Gasteiger charge is -2.13. The van der Waals surface area contributed by atoms with Crippen molar-refractivity contribution in [1.82, 2.24) is 5.32 Å². The molecule has 3 N–H and O–H groups in total. The van der Waals surface area contributed by atoms with Crippen LogP contribution in [0.4, 0.5) is 0 Å². The summed E-state index contributed by atoms with van der Waals surface area (Å²) < 4.78 is 10.6. The quantitative estimate of drug-likeness (QED) is 0.560. The summed E-state index contributed by atoms with van der Waals surface area (Å²) in [4.78, 5) is 4.32. The summed E-state index contributed by atoms with van der Waals surface area (Å²) in [7, 11) is 1.66. The van der Waals surface area contributed by atoms with Crippen LogP contribution in [-0.4, -0.2) is 38.9 Å². The number of rotatable bonds is 8. The van der Waals surface area contributed by atoms with Crippen molar-refractivity contribution in [3.05, 3.63) is 29.8 Å². The fourth-order valence-corrected chi connectivity index (χ4v) is 1.89. The Bertz CT molecular complexity index is 421. The Balaban J connectivity index is 2.46. The molecule has 0 heterocycles. The second-order valence-electron chi connectivity index (χ2n) is 4.56. The molecule has 1 aromatic carbocycles. The normalized spacial score (nSPS) is 13.1. The molecule has 112 valence electrons. The van der Waals surface area contributed by atoms with E-state index < -0.39 is 0 Å². The highest BCUT2D eigenvalue weighted by Crippen LogP contribution is 2.18. The predicted molar refractivity (Wildman–Crippen MR) is 82.3 cm³/mol. The zero-order valence-corrected chi connectivity index (χ0v) is 12.6. The van der Waals surface area contributed by atoms with Crippen molar-refractivity contribution < 1.29 is 9.47 Å². The average molecular weight is 279 g/mol. The van der Waals surface area contributed by atoms with E-state index in [0.717, 1.165) is 17.7 Å². The van der Waals surface area contributed by atoms with Gasteiger partial charge in [0.1, 0.15) is 5.75 Å². The third-order valence-corrected chi connectivity index (χ3v) is 2.75. The highest BCUT2D eigenvalue weighted by molar-refractivity contribution is 5.78. The van der Waals surface area contributed by atoms with Crippen LogP contribution in [0.1, 0.15) is 19.4 Å². The maximum atomic E-state index is 5.82. The highest BCUT2D eigenvalue weighted by atomic mass is 16.5. The van der Waals surface area contributed by atoms with E-state index in [9.17, 15) is 0 Å². The molecule has 0 radical (unpaired) electrons. The van der Waals surface area contributed by atoms with Gasteiger partial charge in [-0.25, -0.2) is 0 Å². The van der Waals surface area contributed by atoms with Crippen LogP contribution < -0.4 is 15.8 Å². The number of benzene rings is 1. The molecule has 5 nitrogen and oxygen atoms in total. The lowest BCUT2D eigenvalue weighted by molar-refractivity contribution is 0.179. The molecule has 5 heteroatoms. The Kier molecular flexibility index (Phi) is 7.50. The van der Waals surface area contributed by atoms with Gasteiger partial charge in [0.2, 0.25) is 0 Å². The van der Waals surface area contributed by atoms with Gasteiger partial charge in [-0.05, 0) is 31.9 Å². The van der Waals surface area contributed by atoms with Gasteiger partial charge in [-0.1, -0.05) is 18.2 Å². The lowest BCUT2D eigenvalue weighted by Crippen LogP contribution is -2.40. The van der Waals surface area contributed by atoms with Gasteiger partial charge in [0.15, 0.2) is 5.96 Å². The second kappa shape index (κ2) is 9.20. The molecule has 0 bridgehead atoms. The molecule has 1 aromatic rings. The van der Waals surface area contributed by atoms with Gasteiger partial charge in [-0.3, -0.25) is 4.99 Å². The Morgan fingerprint density at radius 2 is 2.15 bits per heavy atom. The number of hydrogen-bond donors (Lipinski definition) is 2. The first-order valence-corrected chi connectivity index (χ1v) is 6.93. The number of nitrogens with one attached hydrogen (secondary N) is 1. The highest BCUT2D eigenvalue weighted by Gasteiger charge is 2.03. The van der Waals surface area contributed by atoms with E-state index in [-0.39, 0.29) is 6.04 Å². The molecule has 0 saturated carbocycles. The number of methoxy groups -OCH3 is 1. The molecule has 1 atom stereocenters. The maximum Gasteiger partial charge on any atom is 0.188 e. The largest absolute Gasteiger partial charge is 0.494 e. The SMILES string of the molecule is CCOc1ccccc1CCN=C(N)NC(C)COC. The molecule has 0 spiro atoms. The minimum atomic E-state index is 0.152. The van der Waals surface area contributed by atoms with Gasteiger partial charge in [0.25, 0.3) is 0 Å². The van der Waals surface area contributed by atoms with Crippen molar-refractivity contribution in [1.29, 1.82) is 0 Å². The third-order valence-electron chi connectivity index (χ3n) is 2.75. The second-order valence-corrected chi connectivity index (χ2v) is 4.56. The van der Waals surface area contributed by atoms with Crippen LogP contribution >= 0.6 is 0 Å². The fourth-order valence-electron chi connectivity index (χ4n) is 1.89. The van der Waals surface area contributed by atoms with Crippen LogP contribution in [0.25, 0.3) is 0 Å². The van der Waals surface area contributed by atoms with Gasteiger partial charge in [-0.2, -0.15) is 0 Å². The van der Waals surface area contributed by atoms with E-state index in [2.05, 4.69) is 16.4 Å². The summed E-state index contributed by atoms with van der Waals surface area (Å²) in [6.07, 6.45) is 0.803. The summed E-state index contributed by atoms with van der Waals surface area (Å²) in [5.41, 5.74) is 6.97. The van der Waals surface area contributed by atoms with E-state index in [0.29, 0.717) is 25.7 Å². The van der Waals surface area contributed by atoms with Crippen molar-refractivity contribution in [3.63, 3.8) is 0 Å². The van der Waals surface area contributed by atoms with Crippen LogP contribution in [0.3, 0.4) is 0 Å². The average Bonchev–Trinajstić information content (AvgIpc) is 2.41. The molecule has 1 rings (SSSR count). The van der Waals surface area contributed by atoms with Crippen molar-refractivity contribution in [2.24, 2.45) is 10.7 Å². The fraction of sp³-hybridized carbons (Fsp3) is 0.533. The first kappa shape index (κ1) is 16.3. The van der Waals surface area contributed by atoms with Gasteiger partial charge in [-0.15, -0.1) is 0 Å². The van der Waals surface area contributed by atoms with E-state index in [1.807, 2.05) is 32.0 Å². The molecule has 0 amide bonds. The topological polar surface area (TPSA) is 68.9 Å². The number of hydrogen-bond acceptors (Lipinski definition) is 3. The van der Waals surface area contributed by atoms with Crippen LogP contribution in [-0.2, 0) is 11.2 Å². The van der Waals surface area contributed by atoms with E-state index in [1.54, 1.807) is 7.11 Å². The number of aliphatic imine (C=N–C) groups is 1. The van der Waals surface area contributed by atoms with Gasteiger partial charge in [0.05, 0.1) is 13.2 Å². The minimum Gasteiger partial charge on any atom is -0.494 e. The first-order valence-electron chi connectivity index (χ1n) is 6.93. The summed E-state index contributed by atoms with van der Waals surface area (Å²) in [5.74, 6) is 1.37. The molecule has 1 unspecified atom stereocenters. The zero-order chi connectivity index (χ0) is 14.8. The van der Waals surface area contributed by atoms with Crippen molar-refractivity contribution in [2.75, 3.05) is 26.9 Å². The van der Waals surface area contributed by atoms with Crippen molar-refractivity contribution >= 4 is 5.96 Å². The van der Waals surface area contributed by atoms with Crippen LogP contribution in [0.5, 0.6) is 5.75 Å². The Morgan fingerprint density at radius 3 is 2.85 bits per heavy atom. The van der Waals surface area contributed by atoms with E-state index in [4.69, 9.17) is 15.2 Å². The van der Waals surface area contributed by atoms with E-state index >= 15 is 0 Å². The summed E-state index contributed by atoms with van der Waals surface area (Å²) in [6, 6.07) is 8.16. The molecule has 0 aliphatic carbocycles. The zero-order valence-electron chi connectivity index (χ0n) is 12.6. The predicted octanol–water partition coefficient (Wildman–Crippen LogP) is 1.57. The summed E-state index contributed by atoms with van der Waals surface area (Å²) in [5, 5.41) is 3.08. The molecule has 0 aromatic heterocycles. The maximum absolute atomic E-state index is 5.82. The molecule has 0 aliphatic heterocycles. The lowest BCUT2D eigenvalue weighted by atomic mass is 10.1. The standard InChI is InChI=1S/C15H25N3O2/c1-4-20-14-8-6-5-7-13(14)9-10-17-15(16)18-12(2)11-19-3/h5-8,12H,4,9-11H2,1-3H3,(H3,16,17,18). The molecule has 0 fully saturated rings. The molecular formula is C15H25N3O2. The van der Waals surface area contributed by atoms with E-state index in [1.165, 1.54) is 0 Å². The van der Waals surface area contributed by atoms with Crippen LogP contribution in [0.15, 0.2) is 29.3 Å². The molecule has 20 heavy (non-hydrogen) atoms. The molecule has 0 saturated heterocycles. The summed E-state index contributed by atoms with van der Waals surface area (Å²) in [6.45, 7) is 5.87. The Morgan fingerprint density at radius 1 is 1.40 bits per heavy atom. The van der Waals surface area contributed by atoms with Crippen LogP contribution in [0.2, 0.25) is 0 Å². The summed E-state index contributed by atoms with van der Waals surface area (Å²) >= 11 is 0. The number of guanidine groups is 1. The van der Waals surface area contributed by atoms with Crippen molar-refractivity contribution in [2.45, 2.75) is 26.3 Å². The van der Waals surface area contributed by atoms with Gasteiger partial charge < -0.3 is 20.5 Å². The Hall–Kier alpha value is -1.75. The number of nitrogens with two attached hydrogens (primary N) is 1. The van der Waals surface area contributed by atoms with Gasteiger partial charge >= 0.3 is 0 Å². The smallest absolute Gasteiger partial charge is 0.188 e. The van der Waals surface area contributed by atoms with Crippen molar-refractivity contribution in [3.8, 4) is 5.75 Å². The molecule has 0 aliphatic rings.